The first-order valence-electron chi connectivity index (χ1n) is 6.70. The second-order valence-electron chi connectivity index (χ2n) is 5.33. The molecule has 1 aliphatic heterocycles. The molecular formula is C15H22N2O2. The fourth-order valence-corrected chi connectivity index (χ4v) is 3.03. The Kier molecular flexibility index (Phi) is 4.10. The second-order valence-corrected chi connectivity index (χ2v) is 5.33. The Bertz CT molecular complexity index is 485. The summed E-state index contributed by atoms with van der Waals surface area (Å²) in [4.78, 5) is 11.4. The van der Waals surface area contributed by atoms with Crippen LogP contribution in [0.2, 0.25) is 0 Å². The Morgan fingerprint density at radius 1 is 1.42 bits per heavy atom. The van der Waals surface area contributed by atoms with Crippen LogP contribution >= 0.6 is 0 Å². The molecule has 0 saturated carbocycles. The minimum absolute atomic E-state index is 0.232. The average Bonchev–Trinajstić information content (AvgIpc) is 2.37. The molecule has 1 aromatic carbocycles. The van der Waals surface area contributed by atoms with E-state index in [-0.39, 0.29) is 11.9 Å². The number of methoxy groups -OCH3 is 1. The number of amides is 1. The van der Waals surface area contributed by atoms with E-state index in [1.807, 2.05) is 0 Å². The quantitative estimate of drug-likeness (QED) is 0.870. The standard InChI is InChI=1S/C15H22N2O2/c1-9-6-10(2)14(13(7-9)19-3)11-4-5-17-12(8-11)15(16)18/h6-7,11-12,17H,4-5,8H2,1-3H3,(H2,16,18). The Labute approximate surface area is 114 Å². The molecule has 1 aromatic rings. The lowest BCUT2D eigenvalue weighted by Gasteiger charge is -2.30. The molecule has 104 valence electrons. The Balaban J connectivity index is 2.33. The van der Waals surface area contributed by atoms with Crippen molar-refractivity contribution in [3.8, 4) is 5.75 Å². The summed E-state index contributed by atoms with van der Waals surface area (Å²) in [7, 11) is 1.70. The molecule has 2 unspecified atom stereocenters. The predicted molar refractivity (Wildman–Crippen MR) is 75.4 cm³/mol. The highest BCUT2D eigenvalue weighted by Crippen LogP contribution is 2.37. The van der Waals surface area contributed by atoms with Crippen LogP contribution in [0.1, 0.15) is 35.4 Å². The van der Waals surface area contributed by atoms with Gasteiger partial charge < -0.3 is 15.8 Å². The van der Waals surface area contributed by atoms with Gasteiger partial charge in [-0.2, -0.15) is 0 Å². The molecule has 3 N–H and O–H groups in total. The molecule has 4 nitrogen and oxygen atoms in total. The fourth-order valence-electron chi connectivity index (χ4n) is 3.03. The van der Waals surface area contributed by atoms with E-state index in [0.29, 0.717) is 5.92 Å². The Hall–Kier alpha value is -1.55. The number of benzene rings is 1. The van der Waals surface area contributed by atoms with E-state index in [2.05, 4.69) is 31.3 Å². The normalized spacial score (nSPS) is 23.1. The number of ether oxygens (including phenoxy) is 1. The molecule has 1 saturated heterocycles. The van der Waals surface area contributed by atoms with E-state index in [1.54, 1.807) is 7.11 Å². The summed E-state index contributed by atoms with van der Waals surface area (Å²) in [5.74, 6) is 0.982. The van der Waals surface area contributed by atoms with Crippen LogP contribution in [-0.4, -0.2) is 25.6 Å². The molecule has 19 heavy (non-hydrogen) atoms. The lowest BCUT2D eigenvalue weighted by Crippen LogP contribution is -2.46. The summed E-state index contributed by atoms with van der Waals surface area (Å²) in [6, 6.07) is 3.99. The van der Waals surface area contributed by atoms with Gasteiger partial charge in [0.05, 0.1) is 13.2 Å². The van der Waals surface area contributed by atoms with Crippen molar-refractivity contribution in [1.29, 1.82) is 0 Å². The summed E-state index contributed by atoms with van der Waals surface area (Å²) >= 11 is 0. The molecule has 1 aliphatic rings. The van der Waals surface area contributed by atoms with Gasteiger partial charge >= 0.3 is 0 Å². The molecule has 1 fully saturated rings. The van der Waals surface area contributed by atoms with Gasteiger partial charge in [0.15, 0.2) is 0 Å². The number of carbonyl (C=O) groups is 1. The first-order valence-corrected chi connectivity index (χ1v) is 6.70. The van der Waals surface area contributed by atoms with Gasteiger partial charge in [-0.1, -0.05) is 6.07 Å². The van der Waals surface area contributed by atoms with Crippen molar-refractivity contribution < 1.29 is 9.53 Å². The summed E-state index contributed by atoms with van der Waals surface area (Å²) in [6.07, 6.45) is 1.75. The van der Waals surface area contributed by atoms with Crippen LogP contribution in [0.15, 0.2) is 12.1 Å². The number of nitrogens with one attached hydrogen (secondary N) is 1. The fraction of sp³-hybridized carbons (Fsp3) is 0.533. The number of nitrogens with two attached hydrogens (primary N) is 1. The molecule has 4 heteroatoms. The lowest BCUT2D eigenvalue weighted by atomic mass is 9.83. The zero-order valence-corrected chi connectivity index (χ0v) is 11.8. The molecule has 1 amide bonds. The molecule has 0 spiro atoms. The van der Waals surface area contributed by atoms with Crippen molar-refractivity contribution in [2.45, 2.75) is 38.6 Å². The average molecular weight is 262 g/mol. The smallest absolute Gasteiger partial charge is 0.234 e. The zero-order chi connectivity index (χ0) is 14.0. The number of carbonyl (C=O) groups excluding carboxylic acids is 1. The van der Waals surface area contributed by atoms with Crippen LogP contribution in [0.4, 0.5) is 0 Å². The maximum absolute atomic E-state index is 11.4. The van der Waals surface area contributed by atoms with E-state index in [4.69, 9.17) is 10.5 Å². The Morgan fingerprint density at radius 2 is 2.16 bits per heavy atom. The monoisotopic (exact) mass is 262 g/mol. The third-order valence-electron chi connectivity index (χ3n) is 3.87. The lowest BCUT2D eigenvalue weighted by molar-refractivity contribution is -0.120. The number of hydrogen-bond donors (Lipinski definition) is 2. The summed E-state index contributed by atoms with van der Waals surface area (Å²) in [5, 5.41) is 3.17. The van der Waals surface area contributed by atoms with Crippen molar-refractivity contribution in [2.75, 3.05) is 13.7 Å². The predicted octanol–water partition coefficient (Wildman–Crippen LogP) is 1.63. The molecule has 0 aliphatic carbocycles. The van der Waals surface area contributed by atoms with Crippen LogP contribution in [0.25, 0.3) is 0 Å². The second kappa shape index (κ2) is 5.61. The number of aryl methyl sites for hydroxylation is 2. The first kappa shape index (κ1) is 13.9. The van der Waals surface area contributed by atoms with Gasteiger partial charge in [0.25, 0.3) is 0 Å². The van der Waals surface area contributed by atoms with Gasteiger partial charge in [0, 0.05) is 5.56 Å². The molecular weight excluding hydrogens is 240 g/mol. The Morgan fingerprint density at radius 3 is 2.79 bits per heavy atom. The molecule has 0 bridgehead atoms. The third-order valence-corrected chi connectivity index (χ3v) is 3.87. The summed E-state index contributed by atoms with van der Waals surface area (Å²) in [5.41, 5.74) is 9.05. The van der Waals surface area contributed by atoms with Crippen LogP contribution in [0.3, 0.4) is 0 Å². The number of hydrogen-bond acceptors (Lipinski definition) is 3. The van der Waals surface area contributed by atoms with Gasteiger partial charge in [-0.05, 0) is 56.3 Å². The minimum atomic E-state index is -0.270. The third kappa shape index (κ3) is 2.89. The van der Waals surface area contributed by atoms with E-state index in [1.165, 1.54) is 16.7 Å². The minimum Gasteiger partial charge on any atom is -0.496 e. The zero-order valence-electron chi connectivity index (χ0n) is 11.8. The van der Waals surface area contributed by atoms with E-state index >= 15 is 0 Å². The van der Waals surface area contributed by atoms with E-state index in [9.17, 15) is 4.79 Å². The first-order chi connectivity index (χ1) is 9.02. The van der Waals surface area contributed by atoms with Crippen LogP contribution < -0.4 is 15.8 Å². The van der Waals surface area contributed by atoms with E-state index in [0.717, 1.165) is 25.1 Å². The molecule has 2 rings (SSSR count). The highest BCUT2D eigenvalue weighted by molar-refractivity contribution is 5.80. The van der Waals surface area contributed by atoms with Crippen LogP contribution in [-0.2, 0) is 4.79 Å². The van der Waals surface area contributed by atoms with Gasteiger partial charge in [-0.15, -0.1) is 0 Å². The SMILES string of the molecule is COc1cc(C)cc(C)c1C1CCNC(C(N)=O)C1. The molecule has 0 radical (unpaired) electrons. The largest absolute Gasteiger partial charge is 0.496 e. The maximum Gasteiger partial charge on any atom is 0.234 e. The number of rotatable bonds is 3. The van der Waals surface area contributed by atoms with Crippen molar-refractivity contribution in [1.82, 2.24) is 5.32 Å². The van der Waals surface area contributed by atoms with E-state index < -0.39 is 0 Å². The van der Waals surface area contributed by atoms with Crippen LogP contribution in [0, 0.1) is 13.8 Å². The van der Waals surface area contributed by atoms with Gasteiger partial charge in [-0.25, -0.2) is 0 Å². The highest BCUT2D eigenvalue weighted by Gasteiger charge is 2.28. The maximum atomic E-state index is 11.4. The summed E-state index contributed by atoms with van der Waals surface area (Å²) < 4.78 is 5.52. The topological polar surface area (TPSA) is 64.3 Å². The van der Waals surface area contributed by atoms with Crippen molar-refractivity contribution >= 4 is 5.91 Å². The number of primary amides is 1. The summed E-state index contributed by atoms with van der Waals surface area (Å²) in [6.45, 7) is 4.98. The molecule has 0 aromatic heterocycles. The van der Waals surface area contributed by atoms with Crippen molar-refractivity contribution in [2.24, 2.45) is 5.73 Å². The van der Waals surface area contributed by atoms with Crippen molar-refractivity contribution in [3.05, 3.63) is 28.8 Å². The van der Waals surface area contributed by atoms with Gasteiger partial charge in [0.1, 0.15) is 5.75 Å². The number of piperidine rings is 1. The van der Waals surface area contributed by atoms with Gasteiger partial charge in [0.2, 0.25) is 5.91 Å². The highest BCUT2D eigenvalue weighted by atomic mass is 16.5. The molecule has 2 atom stereocenters. The molecule has 1 heterocycles. The van der Waals surface area contributed by atoms with Crippen molar-refractivity contribution in [3.63, 3.8) is 0 Å². The van der Waals surface area contributed by atoms with Gasteiger partial charge in [-0.3, -0.25) is 4.79 Å². The van der Waals surface area contributed by atoms with Crippen LogP contribution in [0.5, 0.6) is 5.75 Å².